The quantitative estimate of drug-likeness (QED) is 0.749. The van der Waals surface area contributed by atoms with Crippen molar-refractivity contribution in [3.63, 3.8) is 0 Å². The molecule has 1 aromatic heterocycles. The lowest BCUT2D eigenvalue weighted by atomic mass is 9.82. The second-order valence-corrected chi connectivity index (χ2v) is 3.62. The number of aromatic nitrogens is 3. The third-order valence-corrected chi connectivity index (χ3v) is 2.49. The molecule has 13 heavy (non-hydrogen) atoms. The van der Waals surface area contributed by atoms with Crippen LogP contribution < -0.4 is 5.73 Å². The van der Waals surface area contributed by atoms with Gasteiger partial charge in [-0.15, -0.1) is 5.10 Å². The van der Waals surface area contributed by atoms with E-state index in [9.17, 15) is 4.39 Å². The minimum absolute atomic E-state index is 0.319. The number of alkyl halides is 1. The van der Waals surface area contributed by atoms with Crippen molar-refractivity contribution in [2.45, 2.75) is 38.0 Å². The highest BCUT2D eigenvalue weighted by molar-refractivity contribution is 4.94. The highest BCUT2D eigenvalue weighted by Crippen LogP contribution is 2.36. The second kappa shape index (κ2) is 3.06. The first-order valence-electron chi connectivity index (χ1n) is 4.50. The van der Waals surface area contributed by atoms with E-state index in [0.29, 0.717) is 31.6 Å². The van der Waals surface area contributed by atoms with Gasteiger partial charge in [0.05, 0.1) is 12.2 Å². The predicted molar refractivity (Wildman–Crippen MR) is 45.6 cm³/mol. The zero-order chi connectivity index (χ0) is 9.31. The predicted octanol–water partition coefficient (Wildman–Crippen LogP) is 0.629. The van der Waals surface area contributed by atoms with Crippen LogP contribution in [0.3, 0.4) is 0 Å². The lowest BCUT2D eigenvalue weighted by Crippen LogP contribution is -2.36. The van der Waals surface area contributed by atoms with Gasteiger partial charge in [-0.05, 0) is 19.3 Å². The summed E-state index contributed by atoms with van der Waals surface area (Å²) in [6.07, 6.45) is 3.98. The summed E-state index contributed by atoms with van der Waals surface area (Å²) < 4.78 is 15.1. The Bertz CT molecular complexity index is 292. The Labute approximate surface area is 75.9 Å². The number of nitrogens with zero attached hydrogens (tertiary/aromatic N) is 3. The van der Waals surface area contributed by atoms with Gasteiger partial charge in [0.15, 0.2) is 0 Å². The molecule has 1 heterocycles. The van der Waals surface area contributed by atoms with E-state index in [1.807, 2.05) is 0 Å². The molecule has 0 amide bonds. The largest absolute Gasteiger partial charge is 0.325 e. The molecule has 1 aliphatic rings. The third kappa shape index (κ3) is 1.70. The van der Waals surface area contributed by atoms with Gasteiger partial charge in [0, 0.05) is 12.7 Å². The van der Waals surface area contributed by atoms with E-state index in [0.717, 1.165) is 6.42 Å². The van der Waals surface area contributed by atoms with Gasteiger partial charge in [0.25, 0.3) is 0 Å². The molecule has 72 valence electrons. The van der Waals surface area contributed by atoms with Crippen molar-refractivity contribution >= 4 is 0 Å². The second-order valence-electron chi connectivity index (χ2n) is 3.62. The number of nitrogens with two attached hydrogens (primary N) is 1. The van der Waals surface area contributed by atoms with Gasteiger partial charge in [0.2, 0.25) is 0 Å². The number of hydrogen-bond donors (Lipinski definition) is 1. The molecule has 1 saturated carbocycles. The van der Waals surface area contributed by atoms with Gasteiger partial charge in [-0.3, -0.25) is 0 Å². The normalized spacial score (nSPS) is 19.8. The monoisotopic (exact) mass is 184 g/mol. The van der Waals surface area contributed by atoms with Crippen LogP contribution in [0.2, 0.25) is 0 Å². The minimum atomic E-state index is -1.04. The summed E-state index contributed by atoms with van der Waals surface area (Å²) in [4.78, 5) is 0. The fourth-order valence-corrected chi connectivity index (χ4v) is 1.52. The highest BCUT2D eigenvalue weighted by Gasteiger charge is 2.37. The Morgan fingerprint density at radius 3 is 2.85 bits per heavy atom. The van der Waals surface area contributed by atoms with Gasteiger partial charge in [-0.25, -0.2) is 9.07 Å². The van der Waals surface area contributed by atoms with Crippen molar-refractivity contribution in [1.82, 2.24) is 15.0 Å². The lowest BCUT2D eigenvalue weighted by Gasteiger charge is -2.33. The minimum Gasteiger partial charge on any atom is -0.325 e. The lowest BCUT2D eigenvalue weighted by molar-refractivity contribution is 0.0399. The van der Waals surface area contributed by atoms with Gasteiger partial charge in [-0.1, -0.05) is 5.21 Å². The number of halogens is 1. The van der Waals surface area contributed by atoms with Crippen LogP contribution in [0.15, 0.2) is 6.20 Å². The molecule has 0 bridgehead atoms. The van der Waals surface area contributed by atoms with Crippen molar-refractivity contribution in [2.24, 2.45) is 5.73 Å². The fourth-order valence-electron chi connectivity index (χ4n) is 1.52. The molecule has 1 aromatic rings. The van der Waals surface area contributed by atoms with E-state index in [-0.39, 0.29) is 0 Å². The molecule has 5 heteroatoms. The Morgan fingerprint density at radius 1 is 1.62 bits per heavy atom. The summed E-state index contributed by atoms with van der Waals surface area (Å²) in [5, 5.41) is 7.60. The molecule has 0 saturated heterocycles. The van der Waals surface area contributed by atoms with E-state index in [1.54, 1.807) is 10.9 Å². The van der Waals surface area contributed by atoms with Crippen molar-refractivity contribution in [3.05, 3.63) is 11.9 Å². The van der Waals surface area contributed by atoms with Gasteiger partial charge in [0.1, 0.15) is 5.67 Å². The van der Waals surface area contributed by atoms with E-state index in [1.165, 1.54) is 0 Å². The maximum Gasteiger partial charge on any atom is 0.130 e. The first kappa shape index (κ1) is 8.62. The maximum atomic E-state index is 13.6. The topological polar surface area (TPSA) is 56.7 Å². The molecule has 1 fully saturated rings. The summed E-state index contributed by atoms with van der Waals surface area (Å²) >= 11 is 0. The fraction of sp³-hybridized carbons (Fsp3) is 0.750. The van der Waals surface area contributed by atoms with Crippen molar-refractivity contribution < 1.29 is 4.39 Å². The Hall–Kier alpha value is -0.970. The van der Waals surface area contributed by atoms with Crippen molar-refractivity contribution in [1.29, 1.82) is 0 Å². The summed E-state index contributed by atoms with van der Waals surface area (Å²) in [7, 11) is 0. The molecule has 2 N–H and O–H groups in total. The maximum absolute atomic E-state index is 13.6. The first-order valence-corrected chi connectivity index (χ1v) is 4.50. The van der Waals surface area contributed by atoms with Crippen LogP contribution in [0.1, 0.15) is 25.0 Å². The first-order chi connectivity index (χ1) is 6.22. The highest BCUT2D eigenvalue weighted by atomic mass is 19.1. The molecule has 0 spiro atoms. The standard InChI is InChI=1S/C8H13FN4/c9-8(2-1-3-8)6-13-5-7(4-10)11-12-13/h5H,1-4,6,10H2. The third-order valence-electron chi connectivity index (χ3n) is 2.49. The smallest absolute Gasteiger partial charge is 0.130 e. The summed E-state index contributed by atoms with van der Waals surface area (Å²) in [6.45, 7) is 0.680. The summed E-state index contributed by atoms with van der Waals surface area (Å²) in [5.74, 6) is 0. The molecule has 1 aliphatic carbocycles. The van der Waals surface area contributed by atoms with Crippen LogP contribution in [0.5, 0.6) is 0 Å². The van der Waals surface area contributed by atoms with Crippen LogP contribution in [0.25, 0.3) is 0 Å². The van der Waals surface area contributed by atoms with E-state index in [2.05, 4.69) is 10.3 Å². The van der Waals surface area contributed by atoms with Crippen LogP contribution in [-0.4, -0.2) is 20.7 Å². The average Bonchev–Trinajstić information content (AvgIpc) is 2.49. The Kier molecular flexibility index (Phi) is 2.03. The van der Waals surface area contributed by atoms with Gasteiger partial charge < -0.3 is 5.73 Å². The van der Waals surface area contributed by atoms with E-state index < -0.39 is 5.67 Å². The van der Waals surface area contributed by atoms with Crippen LogP contribution in [0, 0.1) is 0 Å². The van der Waals surface area contributed by atoms with Crippen LogP contribution in [0.4, 0.5) is 4.39 Å². The molecule has 4 nitrogen and oxygen atoms in total. The molecule has 2 rings (SSSR count). The SMILES string of the molecule is NCc1cn(CC2(F)CCC2)nn1. The Morgan fingerprint density at radius 2 is 2.38 bits per heavy atom. The zero-order valence-electron chi connectivity index (χ0n) is 7.41. The van der Waals surface area contributed by atoms with Crippen LogP contribution >= 0.6 is 0 Å². The van der Waals surface area contributed by atoms with Gasteiger partial charge in [-0.2, -0.15) is 0 Å². The molecule has 0 atom stereocenters. The zero-order valence-corrected chi connectivity index (χ0v) is 7.41. The van der Waals surface area contributed by atoms with Gasteiger partial charge >= 0.3 is 0 Å². The molecule has 0 unspecified atom stereocenters. The van der Waals surface area contributed by atoms with Crippen LogP contribution in [-0.2, 0) is 13.1 Å². The summed E-state index contributed by atoms with van der Waals surface area (Å²) in [6, 6.07) is 0. The van der Waals surface area contributed by atoms with E-state index in [4.69, 9.17) is 5.73 Å². The average molecular weight is 184 g/mol. The number of hydrogen-bond acceptors (Lipinski definition) is 3. The molecule has 0 aromatic carbocycles. The van der Waals surface area contributed by atoms with Crippen molar-refractivity contribution in [2.75, 3.05) is 0 Å². The molecule has 0 radical (unpaired) electrons. The molecular weight excluding hydrogens is 171 g/mol. The molecular formula is C8H13FN4. The summed E-state index contributed by atoms with van der Waals surface area (Å²) in [5.41, 5.74) is 5.03. The number of rotatable bonds is 3. The van der Waals surface area contributed by atoms with E-state index >= 15 is 0 Å². The van der Waals surface area contributed by atoms with Crippen molar-refractivity contribution in [3.8, 4) is 0 Å². The Balaban J connectivity index is 2.01. The molecule has 0 aliphatic heterocycles.